The van der Waals surface area contributed by atoms with E-state index in [-0.39, 0.29) is 11.3 Å². The Bertz CT molecular complexity index is 472. The summed E-state index contributed by atoms with van der Waals surface area (Å²) in [6, 6.07) is 1.64. The molecule has 2 N–H and O–H groups in total. The van der Waals surface area contributed by atoms with Gasteiger partial charge in [0.25, 0.3) is 0 Å². The van der Waals surface area contributed by atoms with Gasteiger partial charge in [0.15, 0.2) is 0 Å². The van der Waals surface area contributed by atoms with Crippen molar-refractivity contribution in [1.82, 2.24) is 4.57 Å². The molecule has 0 unspecified atom stereocenters. The van der Waals surface area contributed by atoms with Crippen LogP contribution in [0.25, 0.3) is 0 Å². The lowest BCUT2D eigenvalue weighted by Crippen LogP contribution is -2.43. The largest absolute Gasteiger partial charge is 0.477 e. The summed E-state index contributed by atoms with van der Waals surface area (Å²) in [4.78, 5) is 11.0. The number of ether oxygens (including phenoxy) is 1. The van der Waals surface area contributed by atoms with Crippen molar-refractivity contribution >= 4 is 11.7 Å². The first kappa shape index (κ1) is 10.5. The third-order valence-corrected chi connectivity index (χ3v) is 3.83. The van der Waals surface area contributed by atoms with Gasteiger partial charge in [0, 0.05) is 7.05 Å². The summed E-state index contributed by atoms with van der Waals surface area (Å²) < 4.78 is 7.69. The summed E-state index contributed by atoms with van der Waals surface area (Å²) in [5, 5.41) is 12.4. The zero-order valence-corrected chi connectivity index (χ0v) is 9.82. The first-order chi connectivity index (χ1) is 8.11. The molecule has 0 aromatic carbocycles. The van der Waals surface area contributed by atoms with Gasteiger partial charge < -0.3 is 19.7 Å². The van der Waals surface area contributed by atoms with Crippen LogP contribution in [0.15, 0.2) is 6.07 Å². The molecule has 1 aromatic rings. The molecule has 0 atom stereocenters. The topological polar surface area (TPSA) is 63.5 Å². The minimum Gasteiger partial charge on any atom is -0.477 e. The maximum absolute atomic E-state index is 11.0. The molecule has 1 saturated carbocycles. The number of anilines is 1. The summed E-state index contributed by atoms with van der Waals surface area (Å²) in [6.07, 6.45) is 4.47. The maximum atomic E-state index is 11.0. The lowest BCUT2D eigenvalue weighted by Gasteiger charge is -2.35. The van der Waals surface area contributed by atoms with Crippen molar-refractivity contribution in [2.24, 2.45) is 7.05 Å². The number of hydrogen-bond donors (Lipinski definition) is 2. The second kappa shape index (κ2) is 3.42. The van der Waals surface area contributed by atoms with Crippen molar-refractivity contribution in [3.63, 3.8) is 0 Å². The number of carboxylic acids is 1. The van der Waals surface area contributed by atoms with Gasteiger partial charge in [0.05, 0.1) is 12.2 Å². The summed E-state index contributed by atoms with van der Waals surface area (Å²) in [6.45, 7) is 0.781. The molecule has 5 heteroatoms. The highest BCUT2D eigenvalue weighted by Gasteiger charge is 2.40. The second-order valence-corrected chi connectivity index (χ2v) is 4.96. The predicted octanol–water partition coefficient (Wildman–Crippen LogP) is 1.84. The molecular weight excluding hydrogens is 220 g/mol. The Hall–Kier alpha value is -1.65. The predicted molar refractivity (Wildman–Crippen MR) is 62.7 cm³/mol. The fourth-order valence-corrected chi connectivity index (χ4v) is 2.84. The van der Waals surface area contributed by atoms with E-state index in [4.69, 9.17) is 9.84 Å². The monoisotopic (exact) mass is 236 g/mol. The van der Waals surface area contributed by atoms with Crippen LogP contribution in [0.2, 0.25) is 0 Å². The Morgan fingerprint density at radius 3 is 2.88 bits per heavy atom. The molecule has 2 heterocycles. The molecule has 2 aliphatic rings. The van der Waals surface area contributed by atoms with Gasteiger partial charge in [0.1, 0.15) is 11.3 Å². The second-order valence-electron chi connectivity index (χ2n) is 4.96. The van der Waals surface area contributed by atoms with Crippen molar-refractivity contribution < 1.29 is 14.6 Å². The number of nitrogens with zero attached hydrogens (tertiary/aromatic N) is 1. The molecule has 1 spiro atoms. The van der Waals surface area contributed by atoms with Crippen molar-refractivity contribution in [3.05, 3.63) is 11.8 Å². The average Bonchev–Trinajstić information content (AvgIpc) is 2.86. The zero-order valence-electron chi connectivity index (χ0n) is 9.82. The Kier molecular flexibility index (Phi) is 2.11. The van der Waals surface area contributed by atoms with E-state index in [9.17, 15) is 4.79 Å². The van der Waals surface area contributed by atoms with E-state index in [2.05, 4.69) is 5.32 Å². The van der Waals surface area contributed by atoms with Crippen molar-refractivity contribution in [2.75, 3.05) is 11.9 Å². The number of hydrogen-bond acceptors (Lipinski definition) is 3. The number of fused-ring (bicyclic) bond motifs is 1. The van der Waals surface area contributed by atoms with Gasteiger partial charge in [-0.05, 0) is 31.7 Å². The molecule has 17 heavy (non-hydrogen) atoms. The number of carboxylic acid groups (broad SMARTS) is 1. The molecule has 0 saturated heterocycles. The SMILES string of the molecule is Cn1c(C(=O)O)cc2c1OC1(CCCC1)CN2. The molecule has 1 aliphatic heterocycles. The van der Waals surface area contributed by atoms with E-state index in [1.165, 1.54) is 12.8 Å². The molecule has 3 rings (SSSR count). The molecule has 0 radical (unpaired) electrons. The number of carbonyl (C=O) groups is 1. The van der Waals surface area contributed by atoms with E-state index in [1.54, 1.807) is 17.7 Å². The normalized spacial score (nSPS) is 20.8. The molecule has 92 valence electrons. The van der Waals surface area contributed by atoms with Gasteiger partial charge in [-0.2, -0.15) is 0 Å². The van der Waals surface area contributed by atoms with Crippen LogP contribution in [0, 0.1) is 0 Å². The molecular formula is C12H16N2O3. The lowest BCUT2D eigenvalue weighted by molar-refractivity contribution is 0.0650. The van der Waals surface area contributed by atoms with Gasteiger partial charge in [-0.15, -0.1) is 0 Å². The van der Waals surface area contributed by atoms with E-state index < -0.39 is 5.97 Å². The van der Waals surface area contributed by atoms with Crippen LogP contribution in [-0.2, 0) is 7.05 Å². The molecule has 0 bridgehead atoms. The summed E-state index contributed by atoms with van der Waals surface area (Å²) >= 11 is 0. The smallest absolute Gasteiger partial charge is 0.352 e. The summed E-state index contributed by atoms with van der Waals surface area (Å²) in [5.74, 6) is -0.261. The minimum absolute atomic E-state index is 0.116. The number of aromatic carboxylic acids is 1. The van der Waals surface area contributed by atoms with Crippen LogP contribution in [-0.4, -0.2) is 27.8 Å². The van der Waals surface area contributed by atoms with E-state index in [1.807, 2.05) is 0 Å². The molecule has 1 aliphatic carbocycles. The molecule has 0 amide bonds. The number of aromatic nitrogens is 1. The average molecular weight is 236 g/mol. The number of nitrogens with one attached hydrogen (secondary N) is 1. The van der Waals surface area contributed by atoms with Gasteiger partial charge in [0.2, 0.25) is 5.88 Å². The Labute approximate surface area is 99.4 Å². The van der Waals surface area contributed by atoms with Gasteiger partial charge >= 0.3 is 5.97 Å². The zero-order chi connectivity index (χ0) is 12.0. The Morgan fingerprint density at radius 2 is 2.24 bits per heavy atom. The summed E-state index contributed by atoms with van der Waals surface area (Å²) in [5.41, 5.74) is 0.939. The van der Waals surface area contributed by atoms with Crippen molar-refractivity contribution in [1.29, 1.82) is 0 Å². The summed E-state index contributed by atoms with van der Waals surface area (Å²) in [7, 11) is 1.73. The van der Waals surface area contributed by atoms with Crippen LogP contribution in [0.3, 0.4) is 0 Å². The minimum atomic E-state index is -0.923. The third-order valence-electron chi connectivity index (χ3n) is 3.83. The maximum Gasteiger partial charge on any atom is 0.352 e. The molecule has 1 fully saturated rings. The van der Waals surface area contributed by atoms with Crippen LogP contribution in [0.1, 0.15) is 36.2 Å². The number of rotatable bonds is 1. The van der Waals surface area contributed by atoms with Crippen LogP contribution in [0.5, 0.6) is 5.88 Å². The van der Waals surface area contributed by atoms with Crippen molar-refractivity contribution in [2.45, 2.75) is 31.3 Å². The highest BCUT2D eigenvalue weighted by atomic mass is 16.5. The first-order valence-corrected chi connectivity index (χ1v) is 5.97. The van der Waals surface area contributed by atoms with E-state index >= 15 is 0 Å². The van der Waals surface area contributed by atoms with E-state index in [0.29, 0.717) is 5.88 Å². The Balaban J connectivity index is 1.99. The molecule has 5 nitrogen and oxygen atoms in total. The fraction of sp³-hybridized carbons (Fsp3) is 0.583. The lowest BCUT2D eigenvalue weighted by atomic mass is 10.0. The van der Waals surface area contributed by atoms with Gasteiger partial charge in [-0.1, -0.05) is 0 Å². The highest BCUT2D eigenvalue weighted by Crippen LogP contribution is 2.42. The molecule has 1 aromatic heterocycles. The van der Waals surface area contributed by atoms with Gasteiger partial charge in [-0.3, -0.25) is 0 Å². The van der Waals surface area contributed by atoms with Gasteiger partial charge in [-0.25, -0.2) is 4.79 Å². The van der Waals surface area contributed by atoms with Crippen LogP contribution >= 0.6 is 0 Å². The Morgan fingerprint density at radius 1 is 1.53 bits per heavy atom. The standard InChI is InChI=1S/C12H16N2O3/c1-14-9(11(15)16)6-8-10(14)17-12(7-13-8)4-2-3-5-12/h6,13H,2-5,7H2,1H3,(H,15,16). The van der Waals surface area contributed by atoms with E-state index in [0.717, 1.165) is 25.1 Å². The fourth-order valence-electron chi connectivity index (χ4n) is 2.84. The first-order valence-electron chi connectivity index (χ1n) is 5.97. The third kappa shape index (κ3) is 1.49. The van der Waals surface area contributed by atoms with Crippen molar-refractivity contribution in [3.8, 4) is 5.88 Å². The van der Waals surface area contributed by atoms with Crippen LogP contribution in [0.4, 0.5) is 5.69 Å². The highest BCUT2D eigenvalue weighted by molar-refractivity contribution is 5.88. The quantitative estimate of drug-likeness (QED) is 0.781. The van der Waals surface area contributed by atoms with Crippen LogP contribution < -0.4 is 10.1 Å².